The van der Waals surface area contributed by atoms with Gasteiger partial charge in [-0.3, -0.25) is 0 Å². The summed E-state index contributed by atoms with van der Waals surface area (Å²) in [4.78, 5) is 5.08. The average Bonchev–Trinajstić information content (AvgIpc) is 3.45. The first-order valence-electron chi connectivity index (χ1n) is 14.1. The molecule has 6 rings (SSSR count). The number of aromatic nitrogens is 2. The summed E-state index contributed by atoms with van der Waals surface area (Å²) in [5, 5.41) is 5.11. The Morgan fingerprint density at radius 3 is 1.95 bits per heavy atom. The first-order chi connectivity index (χ1) is 20.8. The minimum absolute atomic E-state index is 0.466. The van der Waals surface area contributed by atoms with Gasteiger partial charge >= 0.3 is 0 Å². The lowest BCUT2D eigenvalue weighted by Crippen LogP contribution is -2.00. The van der Waals surface area contributed by atoms with Crippen LogP contribution in [0.4, 0.5) is 5.82 Å². The van der Waals surface area contributed by atoms with Crippen molar-refractivity contribution in [3.8, 4) is 39.6 Å². The zero-order valence-corrected chi connectivity index (χ0v) is 23.4. The molecule has 0 aliphatic rings. The zero-order chi connectivity index (χ0) is 28.6. The molecule has 5 nitrogen and oxygen atoms in total. The number of hydrogen-bond donors (Lipinski definition) is 0. The van der Waals surface area contributed by atoms with Crippen molar-refractivity contribution in [2.45, 2.75) is 13.5 Å². The highest BCUT2D eigenvalue weighted by Gasteiger charge is 2.21. The van der Waals surface area contributed by atoms with E-state index in [1.807, 2.05) is 133 Å². The van der Waals surface area contributed by atoms with Gasteiger partial charge in [0, 0.05) is 11.8 Å². The molecule has 1 heterocycles. The summed E-state index contributed by atoms with van der Waals surface area (Å²) in [5.74, 6) is 2.12. The molecular formula is C37H31N3O2. The number of hydrogen-bond acceptors (Lipinski definition) is 4. The molecule has 0 unspecified atom stereocenters. The third-order valence-corrected chi connectivity index (χ3v) is 6.81. The van der Waals surface area contributed by atoms with E-state index < -0.39 is 0 Å². The van der Waals surface area contributed by atoms with Crippen LogP contribution in [0.3, 0.4) is 0 Å². The molecule has 0 aliphatic carbocycles. The summed E-state index contributed by atoms with van der Waals surface area (Å²) in [6, 6.07) is 46.7. The van der Waals surface area contributed by atoms with E-state index in [2.05, 4.69) is 24.3 Å². The second-order valence-electron chi connectivity index (χ2n) is 9.70. The van der Waals surface area contributed by atoms with Crippen LogP contribution in [0.2, 0.25) is 0 Å². The van der Waals surface area contributed by atoms with E-state index in [4.69, 9.17) is 19.6 Å². The Bertz CT molecular complexity index is 1760. The van der Waals surface area contributed by atoms with Crippen LogP contribution in [0.1, 0.15) is 18.1 Å². The Morgan fingerprint density at radius 1 is 0.667 bits per heavy atom. The molecule has 1 aromatic heterocycles. The SMILES string of the molecule is CCOc1cc(C=Nc2c(-c3ccccc3)c(-c3ccccc3)nn2-c2ccccc2)ccc1OCc1ccccc1. The lowest BCUT2D eigenvalue weighted by atomic mass is 10.0. The van der Waals surface area contributed by atoms with Crippen LogP contribution >= 0.6 is 0 Å². The van der Waals surface area contributed by atoms with Gasteiger partial charge in [-0.2, -0.15) is 5.10 Å². The van der Waals surface area contributed by atoms with Crippen molar-refractivity contribution in [1.29, 1.82) is 0 Å². The molecule has 0 atom stereocenters. The van der Waals surface area contributed by atoms with Crippen LogP contribution in [0.25, 0.3) is 28.1 Å². The Kier molecular flexibility index (Phi) is 8.18. The molecule has 0 spiro atoms. The molecule has 6 aromatic rings. The van der Waals surface area contributed by atoms with Crippen molar-refractivity contribution in [2.24, 2.45) is 4.99 Å². The fourth-order valence-corrected chi connectivity index (χ4v) is 4.81. The number of ether oxygens (including phenoxy) is 2. The summed E-state index contributed by atoms with van der Waals surface area (Å²) in [5.41, 5.74) is 6.84. The van der Waals surface area contributed by atoms with Crippen molar-refractivity contribution in [2.75, 3.05) is 6.61 Å². The Morgan fingerprint density at radius 2 is 1.29 bits per heavy atom. The van der Waals surface area contributed by atoms with Gasteiger partial charge in [0.25, 0.3) is 0 Å². The average molecular weight is 550 g/mol. The molecule has 5 heteroatoms. The summed E-state index contributed by atoms with van der Waals surface area (Å²) in [6.07, 6.45) is 1.86. The third-order valence-electron chi connectivity index (χ3n) is 6.81. The number of aliphatic imine (C=N–C) groups is 1. The summed E-state index contributed by atoms with van der Waals surface area (Å²) >= 11 is 0. The van der Waals surface area contributed by atoms with Gasteiger partial charge in [-0.05, 0) is 53.9 Å². The van der Waals surface area contributed by atoms with E-state index in [1.165, 1.54) is 0 Å². The fourth-order valence-electron chi connectivity index (χ4n) is 4.81. The molecule has 0 amide bonds. The summed E-state index contributed by atoms with van der Waals surface area (Å²) < 4.78 is 14.0. The number of nitrogens with zero attached hydrogens (tertiary/aromatic N) is 3. The van der Waals surface area contributed by atoms with E-state index in [-0.39, 0.29) is 0 Å². The molecule has 0 bridgehead atoms. The van der Waals surface area contributed by atoms with Crippen molar-refractivity contribution in [3.05, 3.63) is 151 Å². The monoisotopic (exact) mass is 549 g/mol. The second-order valence-corrected chi connectivity index (χ2v) is 9.70. The molecule has 0 radical (unpaired) electrons. The molecule has 0 saturated heterocycles. The normalized spacial score (nSPS) is 11.1. The molecule has 42 heavy (non-hydrogen) atoms. The molecular weight excluding hydrogens is 518 g/mol. The van der Waals surface area contributed by atoms with Crippen LogP contribution in [-0.2, 0) is 6.61 Å². The molecule has 0 saturated carbocycles. The van der Waals surface area contributed by atoms with Gasteiger partial charge < -0.3 is 9.47 Å². The fraction of sp³-hybridized carbons (Fsp3) is 0.0811. The lowest BCUT2D eigenvalue weighted by molar-refractivity contribution is 0.269. The number of para-hydroxylation sites is 1. The topological polar surface area (TPSA) is 48.6 Å². The van der Waals surface area contributed by atoms with E-state index >= 15 is 0 Å². The van der Waals surface area contributed by atoms with Gasteiger partial charge in [-0.25, -0.2) is 9.67 Å². The Balaban J connectivity index is 1.43. The van der Waals surface area contributed by atoms with Crippen molar-refractivity contribution < 1.29 is 9.47 Å². The minimum atomic E-state index is 0.466. The van der Waals surface area contributed by atoms with Crippen LogP contribution in [0, 0.1) is 0 Å². The van der Waals surface area contributed by atoms with E-state index in [0.29, 0.717) is 24.7 Å². The Hall–Kier alpha value is -5.42. The van der Waals surface area contributed by atoms with Crippen LogP contribution in [0.15, 0.2) is 145 Å². The van der Waals surface area contributed by atoms with Crippen LogP contribution < -0.4 is 9.47 Å². The van der Waals surface area contributed by atoms with E-state index in [9.17, 15) is 0 Å². The van der Waals surface area contributed by atoms with Gasteiger partial charge in [-0.15, -0.1) is 0 Å². The van der Waals surface area contributed by atoms with E-state index in [1.54, 1.807) is 0 Å². The second kappa shape index (κ2) is 12.8. The highest BCUT2D eigenvalue weighted by Crippen LogP contribution is 2.40. The van der Waals surface area contributed by atoms with Crippen molar-refractivity contribution >= 4 is 12.0 Å². The smallest absolute Gasteiger partial charge is 0.164 e. The van der Waals surface area contributed by atoms with Crippen molar-refractivity contribution in [1.82, 2.24) is 9.78 Å². The molecule has 0 fully saturated rings. The van der Waals surface area contributed by atoms with Gasteiger partial charge in [0.05, 0.1) is 17.9 Å². The molecule has 0 N–H and O–H groups in total. The lowest BCUT2D eigenvalue weighted by Gasteiger charge is -2.13. The minimum Gasteiger partial charge on any atom is -0.490 e. The van der Waals surface area contributed by atoms with Gasteiger partial charge in [0.15, 0.2) is 17.3 Å². The number of benzene rings is 5. The summed E-state index contributed by atoms with van der Waals surface area (Å²) in [6.45, 7) is 2.96. The highest BCUT2D eigenvalue weighted by molar-refractivity contribution is 5.92. The van der Waals surface area contributed by atoms with Crippen molar-refractivity contribution in [3.63, 3.8) is 0 Å². The predicted octanol–water partition coefficient (Wildman–Crippen LogP) is 8.93. The molecule has 206 valence electrons. The first kappa shape index (κ1) is 26.8. The largest absolute Gasteiger partial charge is 0.490 e. The van der Waals surface area contributed by atoms with Gasteiger partial charge in [-0.1, -0.05) is 109 Å². The van der Waals surface area contributed by atoms with Crippen LogP contribution in [-0.4, -0.2) is 22.6 Å². The third kappa shape index (κ3) is 6.01. The maximum atomic E-state index is 6.12. The van der Waals surface area contributed by atoms with Gasteiger partial charge in [0.2, 0.25) is 0 Å². The quantitative estimate of drug-likeness (QED) is 0.160. The summed E-state index contributed by atoms with van der Waals surface area (Å²) in [7, 11) is 0. The Labute approximate surface area is 246 Å². The molecule has 5 aromatic carbocycles. The van der Waals surface area contributed by atoms with E-state index in [0.717, 1.165) is 45.0 Å². The maximum absolute atomic E-state index is 6.12. The maximum Gasteiger partial charge on any atom is 0.164 e. The standard InChI is InChI=1S/C37H31N3O2/c1-2-41-34-25-29(23-24-33(34)42-27-28-15-7-3-8-16-28)26-38-37-35(30-17-9-4-10-18-30)36(31-19-11-5-12-20-31)39-40(37)32-21-13-6-14-22-32/h3-26H,2,27H2,1H3. The number of rotatable bonds is 10. The van der Waals surface area contributed by atoms with Gasteiger partial charge in [0.1, 0.15) is 12.3 Å². The molecule has 0 aliphatic heterocycles. The highest BCUT2D eigenvalue weighted by atomic mass is 16.5. The van der Waals surface area contributed by atoms with Crippen LogP contribution in [0.5, 0.6) is 11.5 Å². The first-order valence-corrected chi connectivity index (χ1v) is 14.1. The zero-order valence-electron chi connectivity index (χ0n) is 23.4. The predicted molar refractivity (Wildman–Crippen MR) is 170 cm³/mol.